The fourth-order valence-electron chi connectivity index (χ4n) is 4.48. The third-order valence-corrected chi connectivity index (χ3v) is 9.25. The minimum Gasteiger partial charge on any atom is -0.338 e. The molecular weight excluding hydrogens is 430 g/mol. The largest absolute Gasteiger partial charge is 0.338 e. The average molecular weight is 456 g/mol. The Hall–Kier alpha value is -2.29. The van der Waals surface area contributed by atoms with Gasteiger partial charge in [-0.05, 0) is 56.0 Å². The lowest BCUT2D eigenvalue weighted by Gasteiger charge is -2.32. The van der Waals surface area contributed by atoms with Crippen LogP contribution >= 0.6 is 11.3 Å². The molecule has 3 heterocycles. The van der Waals surface area contributed by atoms with Gasteiger partial charge in [-0.1, -0.05) is 18.2 Å². The Balaban J connectivity index is 1.36. The summed E-state index contributed by atoms with van der Waals surface area (Å²) in [5.41, 5.74) is 1.44. The first kappa shape index (κ1) is 20.6. The van der Waals surface area contributed by atoms with Crippen LogP contribution in [0.4, 0.5) is 0 Å². The van der Waals surface area contributed by atoms with Gasteiger partial charge in [0, 0.05) is 37.7 Å². The van der Waals surface area contributed by atoms with Crippen LogP contribution in [0.25, 0.3) is 10.2 Å². The molecule has 0 radical (unpaired) electrons. The Morgan fingerprint density at radius 3 is 2.61 bits per heavy atom. The van der Waals surface area contributed by atoms with Crippen LogP contribution in [0.2, 0.25) is 0 Å². The molecule has 8 heteroatoms. The third-order valence-electron chi connectivity index (χ3n) is 6.15. The van der Waals surface area contributed by atoms with E-state index in [1.807, 2.05) is 23.1 Å². The summed E-state index contributed by atoms with van der Waals surface area (Å²) in [5, 5.41) is 1.07. The van der Waals surface area contributed by atoms with Gasteiger partial charge in [0.15, 0.2) is 0 Å². The first-order valence-corrected chi connectivity index (χ1v) is 13.0. The molecule has 162 valence electrons. The molecule has 31 heavy (non-hydrogen) atoms. The normalized spacial score (nSPS) is 20.4. The quantitative estimate of drug-likeness (QED) is 0.594. The Bertz CT molecular complexity index is 1180. The van der Waals surface area contributed by atoms with Crippen molar-refractivity contribution in [2.24, 2.45) is 0 Å². The molecule has 0 N–H and O–H groups in total. The van der Waals surface area contributed by atoms with Crippen LogP contribution in [0.1, 0.15) is 47.0 Å². The van der Waals surface area contributed by atoms with Gasteiger partial charge < -0.3 is 4.90 Å². The smallest absolute Gasteiger partial charge is 0.253 e. The molecule has 1 atom stereocenters. The monoisotopic (exact) mass is 455 g/mol. The molecule has 1 amide bonds. The predicted molar refractivity (Wildman–Crippen MR) is 122 cm³/mol. The molecular formula is C23H25N3O3S2. The van der Waals surface area contributed by atoms with Gasteiger partial charge in [-0.15, -0.1) is 11.3 Å². The zero-order chi connectivity index (χ0) is 21.4. The number of carbonyl (C=O) groups is 1. The van der Waals surface area contributed by atoms with Gasteiger partial charge in [0.2, 0.25) is 10.0 Å². The Morgan fingerprint density at radius 1 is 1.00 bits per heavy atom. The van der Waals surface area contributed by atoms with Crippen LogP contribution in [0.15, 0.2) is 53.4 Å². The number of hydrogen-bond donors (Lipinski definition) is 0. The highest BCUT2D eigenvalue weighted by Gasteiger charge is 2.30. The molecule has 1 aromatic heterocycles. The SMILES string of the molecule is O=C(c1cccc(S(=O)(=O)N2CCCC2)c1)N1CCC[C@@H](c2nc3ccccc3s2)C1. The Morgan fingerprint density at radius 2 is 1.81 bits per heavy atom. The first-order valence-electron chi connectivity index (χ1n) is 10.8. The summed E-state index contributed by atoms with van der Waals surface area (Å²) in [4.78, 5) is 20.1. The number of benzene rings is 2. The molecule has 2 aliphatic heterocycles. The van der Waals surface area contributed by atoms with Gasteiger partial charge in [-0.2, -0.15) is 4.31 Å². The molecule has 0 saturated carbocycles. The molecule has 0 spiro atoms. The molecule has 6 nitrogen and oxygen atoms in total. The molecule has 0 unspecified atom stereocenters. The minimum absolute atomic E-state index is 0.107. The number of rotatable bonds is 4. The molecule has 2 fully saturated rings. The topological polar surface area (TPSA) is 70.6 Å². The lowest BCUT2D eigenvalue weighted by Crippen LogP contribution is -2.39. The van der Waals surface area contributed by atoms with Crippen LogP contribution in [0.3, 0.4) is 0 Å². The van der Waals surface area contributed by atoms with Gasteiger partial charge in [-0.3, -0.25) is 4.79 Å². The van der Waals surface area contributed by atoms with E-state index in [1.165, 1.54) is 15.1 Å². The second-order valence-electron chi connectivity index (χ2n) is 8.25. The predicted octanol–water partition coefficient (Wildman–Crippen LogP) is 4.10. The van der Waals surface area contributed by atoms with Crippen molar-refractivity contribution in [1.29, 1.82) is 0 Å². The number of para-hydroxylation sites is 1. The fraction of sp³-hybridized carbons (Fsp3) is 0.391. The number of aromatic nitrogens is 1. The lowest BCUT2D eigenvalue weighted by atomic mass is 9.98. The maximum absolute atomic E-state index is 13.2. The highest BCUT2D eigenvalue weighted by Crippen LogP contribution is 2.33. The lowest BCUT2D eigenvalue weighted by molar-refractivity contribution is 0.0707. The van der Waals surface area contributed by atoms with Crippen LogP contribution in [-0.4, -0.2) is 54.7 Å². The van der Waals surface area contributed by atoms with Crippen molar-refractivity contribution in [1.82, 2.24) is 14.2 Å². The molecule has 3 aromatic rings. The van der Waals surface area contributed by atoms with Crippen LogP contribution in [0.5, 0.6) is 0 Å². The fourth-order valence-corrected chi connectivity index (χ4v) is 7.13. The van der Waals surface area contributed by atoms with E-state index in [4.69, 9.17) is 4.98 Å². The molecule has 5 rings (SSSR count). The van der Waals surface area contributed by atoms with E-state index in [0.717, 1.165) is 36.2 Å². The van der Waals surface area contributed by atoms with E-state index in [-0.39, 0.29) is 16.7 Å². The molecule has 2 saturated heterocycles. The van der Waals surface area contributed by atoms with E-state index in [2.05, 4.69) is 6.07 Å². The van der Waals surface area contributed by atoms with Crippen LogP contribution in [0, 0.1) is 0 Å². The zero-order valence-corrected chi connectivity index (χ0v) is 18.9. The Labute approximate surface area is 186 Å². The number of nitrogens with zero attached hydrogens (tertiary/aromatic N) is 3. The third kappa shape index (κ3) is 4.00. The van der Waals surface area contributed by atoms with Gasteiger partial charge >= 0.3 is 0 Å². The van der Waals surface area contributed by atoms with Crippen molar-refractivity contribution < 1.29 is 13.2 Å². The number of sulfonamides is 1. The van der Waals surface area contributed by atoms with E-state index >= 15 is 0 Å². The van der Waals surface area contributed by atoms with E-state index in [9.17, 15) is 13.2 Å². The van der Waals surface area contributed by atoms with E-state index in [0.29, 0.717) is 31.7 Å². The van der Waals surface area contributed by atoms with Crippen LogP contribution < -0.4 is 0 Å². The summed E-state index contributed by atoms with van der Waals surface area (Å²) in [6.45, 7) is 2.40. The van der Waals surface area contributed by atoms with Crippen molar-refractivity contribution in [3.05, 3.63) is 59.1 Å². The number of hydrogen-bond acceptors (Lipinski definition) is 5. The molecule has 2 aromatic carbocycles. The van der Waals surface area contributed by atoms with Crippen molar-refractivity contribution in [2.45, 2.75) is 36.5 Å². The highest BCUT2D eigenvalue weighted by atomic mass is 32.2. The summed E-state index contributed by atoms with van der Waals surface area (Å²) in [6.07, 6.45) is 3.70. The van der Waals surface area contributed by atoms with Crippen molar-refractivity contribution in [3.8, 4) is 0 Å². The maximum atomic E-state index is 13.2. The first-order chi connectivity index (χ1) is 15.0. The summed E-state index contributed by atoms with van der Waals surface area (Å²) < 4.78 is 28.5. The summed E-state index contributed by atoms with van der Waals surface area (Å²) in [7, 11) is -3.54. The van der Waals surface area contributed by atoms with Crippen molar-refractivity contribution in [3.63, 3.8) is 0 Å². The summed E-state index contributed by atoms with van der Waals surface area (Å²) >= 11 is 1.70. The summed E-state index contributed by atoms with van der Waals surface area (Å²) in [5.74, 6) is 0.107. The van der Waals surface area contributed by atoms with E-state index in [1.54, 1.807) is 29.5 Å². The minimum atomic E-state index is -3.54. The van der Waals surface area contributed by atoms with Gasteiger partial charge in [0.05, 0.1) is 20.1 Å². The number of piperidine rings is 1. The van der Waals surface area contributed by atoms with Gasteiger partial charge in [-0.25, -0.2) is 13.4 Å². The molecule has 0 bridgehead atoms. The number of thiazole rings is 1. The molecule has 0 aliphatic carbocycles. The second kappa shape index (κ2) is 8.33. The van der Waals surface area contributed by atoms with Gasteiger partial charge in [0.25, 0.3) is 5.91 Å². The number of likely N-dealkylation sites (tertiary alicyclic amines) is 1. The average Bonchev–Trinajstić information content (AvgIpc) is 3.49. The Kier molecular flexibility index (Phi) is 5.54. The number of amides is 1. The standard InChI is InChI=1S/C23H25N3O3S2/c27-23(17-7-5-9-19(15-17)31(28,29)26-13-3-4-14-26)25-12-6-8-18(16-25)22-24-20-10-1-2-11-21(20)30-22/h1-2,5,7,9-11,15,18H,3-4,6,8,12-14,16H2/t18-/m1/s1. The number of carbonyl (C=O) groups excluding carboxylic acids is 1. The second-order valence-corrected chi connectivity index (χ2v) is 11.2. The number of fused-ring (bicyclic) bond motifs is 1. The maximum Gasteiger partial charge on any atom is 0.253 e. The van der Waals surface area contributed by atoms with Crippen LogP contribution in [-0.2, 0) is 10.0 Å². The van der Waals surface area contributed by atoms with Gasteiger partial charge in [0.1, 0.15) is 0 Å². The highest BCUT2D eigenvalue weighted by molar-refractivity contribution is 7.89. The van der Waals surface area contributed by atoms with Crippen molar-refractivity contribution in [2.75, 3.05) is 26.2 Å². The van der Waals surface area contributed by atoms with Crippen molar-refractivity contribution >= 4 is 37.5 Å². The summed E-state index contributed by atoms with van der Waals surface area (Å²) in [6, 6.07) is 14.6. The zero-order valence-electron chi connectivity index (χ0n) is 17.2. The van der Waals surface area contributed by atoms with E-state index < -0.39 is 10.0 Å². The molecule has 2 aliphatic rings.